The summed E-state index contributed by atoms with van der Waals surface area (Å²) in [4.78, 5) is 24.6. The number of primary amides is 1. The molecule has 0 bridgehead atoms. The number of aromatic nitrogens is 3. The molecule has 2 aromatic heterocycles. The van der Waals surface area contributed by atoms with Crippen molar-refractivity contribution in [3.05, 3.63) is 84.8 Å². The van der Waals surface area contributed by atoms with Crippen molar-refractivity contribution in [1.82, 2.24) is 15.0 Å². The number of hydrazine groups is 1. The number of carbonyl (C=O) groups excluding carboxylic acids is 1. The van der Waals surface area contributed by atoms with Gasteiger partial charge in [0.1, 0.15) is 17.2 Å². The van der Waals surface area contributed by atoms with Gasteiger partial charge in [0.2, 0.25) is 5.95 Å². The zero-order chi connectivity index (χ0) is 22.5. The lowest BCUT2D eigenvalue weighted by Gasteiger charge is -2.19. The minimum absolute atomic E-state index is 0.146. The predicted octanol–water partition coefficient (Wildman–Crippen LogP) is 4.57. The Morgan fingerprint density at radius 2 is 1.82 bits per heavy atom. The first kappa shape index (κ1) is 19.0. The molecule has 1 aliphatic heterocycles. The Balaban J connectivity index is 1.26. The lowest BCUT2D eigenvalue weighted by Crippen LogP contribution is -2.28. The van der Waals surface area contributed by atoms with Crippen LogP contribution in [0.2, 0.25) is 0 Å². The third-order valence-corrected chi connectivity index (χ3v) is 5.62. The fourth-order valence-electron chi connectivity index (χ4n) is 3.96. The number of rotatable bonds is 5. The van der Waals surface area contributed by atoms with E-state index in [9.17, 15) is 4.79 Å². The van der Waals surface area contributed by atoms with Crippen LogP contribution in [0.15, 0.2) is 79.1 Å². The van der Waals surface area contributed by atoms with Gasteiger partial charge in [0.25, 0.3) is 5.91 Å². The van der Waals surface area contributed by atoms with Gasteiger partial charge in [0.05, 0.1) is 16.9 Å². The molecule has 0 unspecified atom stereocenters. The zero-order valence-electron chi connectivity index (χ0n) is 17.6. The highest BCUT2D eigenvalue weighted by molar-refractivity contribution is 6.13. The maximum atomic E-state index is 11.3. The molecule has 1 aliphatic rings. The third-order valence-electron chi connectivity index (χ3n) is 5.62. The van der Waals surface area contributed by atoms with Gasteiger partial charge < -0.3 is 10.5 Å². The van der Waals surface area contributed by atoms with Gasteiger partial charge in [-0.2, -0.15) is 0 Å². The van der Waals surface area contributed by atoms with E-state index in [1.165, 1.54) is 28.7 Å². The number of pyridine rings is 1. The number of anilines is 3. The van der Waals surface area contributed by atoms with Gasteiger partial charge in [-0.05, 0) is 35.7 Å². The van der Waals surface area contributed by atoms with Gasteiger partial charge in [-0.3, -0.25) is 14.8 Å². The standard InChI is InChI=1S/C25H18N6O2/c1-30(31-22-9-6-15-4-2-3-5-19(15)23(22)31)25-28-14-16-12-17(7-8-20(16)29-25)33-18-10-11-27-21(13-18)24(26)32/h2-14H,1H3,(H2,26,32). The Hall–Kier alpha value is -4.72. The molecule has 2 N–H and O–H groups in total. The summed E-state index contributed by atoms with van der Waals surface area (Å²) in [5.41, 5.74) is 8.56. The van der Waals surface area contributed by atoms with E-state index in [2.05, 4.69) is 39.2 Å². The van der Waals surface area contributed by atoms with Gasteiger partial charge in [-0.25, -0.2) is 15.0 Å². The van der Waals surface area contributed by atoms with Gasteiger partial charge in [-0.15, -0.1) is 0 Å². The zero-order valence-corrected chi connectivity index (χ0v) is 17.6. The monoisotopic (exact) mass is 434 g/mol. The number of ether oxygens (including phenoxy) is 1. The number of fused-ring (bicyclic) bond motifs is 4. The number of carbonyl (C=O) groups is 1. The second-order valence-electron chi connectivity index (χ2n) is 7.72. The van der Waals surface area contributed by atoms with E-state index in [1.54, 1.807) is 12.3 Å². The van der Waals surface area contributed by atoms with Gasteiger partial charge >= 0.3 is 0 Å². The molecule has 8 heteroatoms. The average molecular weight is 434 g/mol. The minimum Gasteiger partial charge on any atom is -0.457 e. The quantitative estimate of drug-likeness (QED) is 0.405. The summed E-state index contributed by atoms with van der Waals surface area (Å²) in [5.74, 6) is 1.06. The Morgan fingerprint density at radius 1 is 0.970 bits per heavy atom. The average Bonchev–Trinajstić information content (AvgIpc) is 3.58. The van der Waals surface area contributed by atoms with Crippen LogP contribution >= 0.6 is 0 Å². The highest BCUT2D eigenvalue weighted by Gasteiger charge is 2.36. The van der Waals surface area contributed by atoms with Crippen molar-refractivity contribution in [2.45, 2.75) is 0 Å². The van der Waals surface area contributed by atoms with Crippen LogP contribution in [0.25, 0.3) is 21.7 Å². The maximum absolute atomic E-state index is 11.3. The fourth-order valence-corrected chi connectivity index (χ4v) is 3.96. The molecule has 8 nitrogen and oxygen atoms in total. The Morgan fingerprint density at radius 3 is 2.70 bits per heavy atom. The summed E-state index contributed by atoms with van der Waals surface area (Å²) >= 11 is 0. The summed E-state index contributed by atoms with van der Waals surface area (Å²) in [7, 11) is 1.95. The molecular weight excluding hydrogens is 416 g/mol. The number of benzene rings is 3. The summed E-state index contributed by atoms with van der Waals surface area (Å²) in [6.45, 7) is 0. The van der Waals surface area contributed by atoms with Crippen molar-refractivity contribution in [2.75, 3.05) is 17.1 Å². The van der Waals surface area contributed by atoms with Crippen molar-refractivity contribution in [1.29, 1.82) is 0 Å². The van der Waals surface area contributed by atoms with Crippen LogP contribution in [-0.2, 0) is 0 Å². The lowest BCUT2D eigenvalue weighted by molar-refractivity contribution is 0.0995. The molecule has 3 heterocycles. The van der Waals surface area contributed by atoms with E-state index in [4.69, 9.17) is 15.5 Å². The molecule has 0 saturated heterocycles. The van der Waals surface area contributed by atoms with Crippen molar-refractivity contribution in [3.8, 4) is 11.5 Å². The van der Waals surface area contributed by atoms with Gasteiger partial charge in [0.15, 0.2) is 0 Å². The molecule has 0 saturated carbocycles. The van der Waals surface area contributed by atoms with E-state index < -0.39 is 5.91 Å². The van der Waals surface area contributed by atoms with Crippen LogP contribution in [0.5, 0.6) is 11.5 Å². The highest BCUT2D eigenvalue weighted by Crippen LogP contribution is 2.53. The molecule has 5 aromatic rings. The number of hydrogen-bond donors (Lipinski definition) is 1. The first-order chi connectivity index (χ1) is 16.1. The molecule has 160 valence electrons. The molecule has 0 spiro atoms. The molecule has 3 aromatic carbocycles. The van der Waals surface area contributed by atoms with E-state index in [0.29, 0.717) is 17.4 Å². The largest absolute Gasteiger partial charge is 0.457 e. The summed E-state index contributed by atoms with van der Waals surface area (Å²) in [5, 5.41) is 7.31. The van der Waals surface area contributed by atoms with Gasteiger partial charge in [-0.1, -0.05) is 30.3 Å². The predicted molar refractivity (Wildman–Crippen MR) is 127 cm³/mol. The second kappa shape index (κ2) is 7.16. The topological polar surface area (TPSA) is 97.2 Å². The minimum atomic E-state index is -0.606. The van der Waals surface area contributed by atoms with Crippen molar-refractivity contribution >= 4 is 44.9 Å². The Labute approximate surface area is 188 Å². The molecule has 33 heavy (non-hydrogen) atoms. The summed E-state index contributed by atoms with van der Waals surface area (Å²) < 4.78 is 5.86. The first-order valence-corrected chi connectivity index (χ1v) is 10.3. The van der Waals surface area contributed by atoms with E-state index >= 15 is 0 Å². The smallest absolute Gasteiger partial charge is 0.267 e. The molecule has 0 fully saturated rings. The first-order valence-electron chi connectivity index (χ1n) is 10.3. The van der Waals surface area contributed by atoms with Gasteiger partial charge in [0, 0.05) is 36.3 Å². The van der Waals surface area contributed by atoms with E-state index in [0.717, 1.165) is 16.6 Å². The molecule has 6 rings (SSSR count). The number of nitrogens with zero attached hydrogens (tertiary/aromatic N) is 5. The summed E-state index contributed by atoms with van der Waals surface area (Å²) in [6.07, 6.45) is 3.25. The maximum Gasteiger partial charge on any atom is 0.267 e. The molecule has 0 atom stereocenters. The Bertz CT molecular complexity index is 1570. The van der Waals surface area contributed by atoms with Crippen LogP contribution in [0.1, 0.15) is 10.5 Å². The second-order valence-corrected chi connectivity index (χ2v) is 7.72. The summed E-state index contributed by atoms with van der Waals surface area (Å²) in [6, 6.07) is 21.3. The SMILES string of the molecule is CN(c1ncc2cc(Oc3ccnc(C(N)=O)c3)ccc2n1)N1c2ccc3ccccc3c21. The fraction of sp³-hybridized carbons (Fsp3) is 0.0400. The molecule has 1 amide bonds. The van der Waals surface area contributed by atoms with Crippen LogP contribution in [0.4, 0.5) is 17.3 Å². The van der Waals surface area contributed by atoms with E-state index in [1.807, 2.05) is 42.4 Å². The number of amides is 1. The molecule has 0 aliphatic carbocycles. The lowest BCUT2D eigenvalue weighted by atomic mass is 10.1. The van der Waals surface area contributed by atoms with Crippen LogP contribution in [0, 0.1) is 0 Å². The number of nitrogens with two attached hydrogens (primary N) is 1. The van der Waals surface area contributed by atoms with E-state index in [-0.39, 0.29) is 5.69 Å². The highest BCUT2D eigenvalue weighted by atomic mass is 16.5. The van der Waals surface area contributed by atoms with Crippen molar-refractivity contribution in [3.63, 3.8) is 0 Å². The third kappa shape index (κ3) is 3.25. The normalized spacial score (nSPS) is 12.0. The molecular formula is C25H18N6O2. The van der Waals surface area contributed by atoms with Crippen LogP contribution in [-0.4, -0.2) is 27.9 Å². The number of hydrogen-bond acceptors (Lipinski definition) is 7. The van der Waals surface area contributed by atoms with Crippen LogP contribution in [0.3, 0.4) is 0 Å². The van der Waals surface area contributed by atoms with Crippen LogP contribution < -0.4 is 20.5 Å². The Kier molecular flexibility index (Phi) is 4.13. The van der Waals surface area contributed by atoms with Crippen molar-refractivity contribution < 1.29 is 9.53 Å². The van der Waals surface area contributed by atoms with Crippen molar-refractivity contribution in [2.24, 2.45) is 5.73 Å². The molecule has 0 radical (unpaired) electrons.